The van der Waals surface area contributed by atoms with Gasteiger partial charge in [0.25, 0.3) is 5.91 Å². The van der Waals surface area contributed by atoms with Crippen LogP contribution in [0.3, 0.4) is 0 Å². The number of nitrogens with zero attached hydrogens (tertiary/aromatic N) is 1. The maximum absolute atomic E-state index is 13.3. The molecule has 2 amide bonds. The summed E-state index contributed by atoms with van der Waals surface area (Å²) in [6, 6.07) is 2.31. The highest BCUT2D eigenvalue weighted by atomic mass is 19.4. The third-order valence-electron chi connectivity index (χ3n) is 3.37. The molecule has 0 aliphatic rings. The standard InChI is InChI=1S/C16H19F3N2O4/c1-9(2)12(20-10(3)22)14(23)21(11-7-5-4-6-8-11)13(15(24)25)16(17,18)19/h4-9,12-13H,1-3H3,(H,20,22)(H,24,25)/t12-,13+/m0/s1. The van der Waals surface area contributed by atoms with Crippen LogP contribution in [0.2, 0.25) is 0 Å². The molecule has 6 nitrogen and oxygen atoms in total. The molecule has 0 unspecified atom stereocenters. The molecule has 2 N–H and O–H groups in total. The lowest BCUT2D eigenvalue weighted by molar-refractivity contribution is -0.177. The van der Waals surface area contributed by atoms with Gasteiger partial charge >= 0.3 is 12.1 Å². The summed E-state index contributed by atoms with van der Waals surface area (Å²) in [4.78, 5) is 35.5. The van der Waals surface area contributed by atoms with Crippen LogP contribution < -0.4 is 10.2 Å². The molecule has 0 radical (unpaired) electrons. The average Bonchev–Trinajstić information content (AvgIpc) is 2.48. The number of carboxylic acids is 1. The number of hydrogen-bond acceptors (Lipinski definition) is 3. The van der Waals surface area contributed by atoms with Crippen LogP contribution >= 0.6 is 0 Å². The Morgan fingerprint density at radius 1 is 1.12 bits per heavy atom. The van der Waals surface area contributed by atoms with E-state index in [4.69, 9.17) is 5.11 Å². The van der Waals surface area contributed by atoms with Crippen molar-refractivity contribution in [1.82, 2.24) is 5.32 Å². The largest absolute Gasteiger partial charge is 0.479 e. The minimum absolute atomic E-state index is 0.170. The van der Waals surface area contributed by atoms with Crippen molar-refractivity contribution >= 4 is 23.5 Å². The number of hydrogen-bond donors (Lipinski definition) is 2. The van der Waals surface area contributed by atoms with Crippen molar-refractivity contribution in [3.63, 3.8) is 0 Å². The Kier molecular flexibility index (Phi) is 6.55. The van der Waals surface area contributed by atoms with Crippen LogP contribution in [-0.4, -0.2) is 41.2 Å². The fraction of sp³-hybridized carbons (Fsp3) is 0.438. The maximum Gasteiger partial charge on any atom is 0.420 e. The molecule has 138 valence electrons. The molecule has 1 aromatic carbocycles. The van der Waals surface area contributed by atoms with Crippen LogP contribution in [-0.2, 0) is 14.4 Å². The summed E-state index contributed by atoms with van der Waals surface area (Å²) in [7, 11) is 0. The summed E-state index contributed by atoms with van der Waals surface area (Å²) in [5.41, 5.74) is -0.228. The molecule has 2 atom stereocenters. The van der Waals surface area contributed by atoms with Gasteiger partial charge in [0.2, 0.25) is 11.9 Å². The lowest BCUT2D eigenvalue weighted by Crippen LogP contribution is -2.60. The lowest BCUT2D eigenvalue weighted by atomic mass is 10.0. The predicted octanol–water partition coefficient (Wildman–Crippen LogP) is 2.20. The quantitative estimate of drug-likeness (QED) is 0.814. The van der Waals surface area contributed by atoms with Crippen LogP contribution in [0.15, 0.2) is 30.3 Å². The molecule has 0 fully saturated rings. The number of nitrogens with one attached hydrogen (secondary N) is 1. The number of anilines is 1. The second-order valence-electron chi connectivity index (χ2n) is 5.75. The fourth-order valence-corrected chi connectivity index (χ4v) is 2.27. The number of amides is 2. The van der Waals surface area contributed by atoms with Crippen molar-refractivity contribution in [3.05, 3.63) is 30.3 Å². The summed E-state index contributed by atoms with van der Waals surface area (Å²) in [6.07, 6.45) is -5.20. The lowest BCUT2D eigenvalue weighted by Gasteiger charge is -2.34. The zero-order valence-electron chi connectivity index (χ0n) is 13.9. The molecule has 9 heteroatoms. The first-order valence-electron chi connectivity index (χ1n) is 7.41. The number of carboxylic acid groups (broad SMARTS) is 1. The van der Waals surface area contributed by atoms with Gasteiger partial charge in [0, 0.05) is 12.6 Å². The summed E-state index contributed by atoms with van der Waals surface area (Å²) in [6.45, 7) is 4.18. The van der Waals surface area contributed by atoms with Gasteiger partial charge in [-0.25, -0.2) is 4.79 Å². The predicted molar refractivity (Wildman–Crippen MR) is 83.8 cm³/mol. The van der Waals surface area contributed by atoms with E-state index in [1.54, 1.807) is 0 Å². The van der Waals surface area contributed by atoms with Crippen molar-refractivity contribution in [1.29, 1.82) is 0 Å². The van der Waals surface area contributed by atoms with E-state index in [1.807, 2.05) is 0 Å². The van der Waals surface area contributed by atoms with E-state index in [9.17, 15) is 27.6 Å². The molecule has 0 bridgehead atoms. The summed E-state index contributed by atoms with van der Waals surface area (Å²) < 4.78 is 40.0. The molecule has 0 spiro atoms. The van der Waals surface area contributed by atoms with E-state index in [0.717, 1.165) is 6.92 Å². The van der Waals surface area contributed by atoms with Crippen molar-refractivity contribution in [2.45, 2.75) is 39.0 Å². The van der Waals surface area contributed by atoms with Crippen LogP contribution in [0.25, 0.3) is 0 Å². The van der Waals surface area contributed by atoms with Crippen molar-refractivity contribution in [2.75, 3.05) is 4.90 Å². The van der Waals surface area contributed by atoms with E-state index in [0.29, 0.717) is 0 Å². The number of aliphatic carboxylic acids is 1. The molecule has 1 aromatic rings. The van der Waals surface area contributed by atoms with Crippen molar-refractivity contribution in [2.24, 2.45) is 5.92 Å². The Morgan fingerprint density at radius 3 is 2.00 bits per heavy atom. The molecule has 0 heterocycles. The van der Waals surface area contributed by atoms with Crippen LogP contribution in [0, 0.1) is 5.92 Å². The van der Waals surface area contributed by atoms with E-state index in [-0.39, 0.29) is 10.6 Å². The van der Waals surface area contributed by atoms with Crippen LogP contribution in [0.4, 0.5) is 18.9 Å². The molecule has 0 saturated heterocycles. The Morgan fingerprint density at radius 2 is 1.64 bits per heavy atom. The number of alkyl halides is 3. The highest BCUT2D eigenvalue weighted by molar-refractivity contribution is 6.03. The Hall–Kier alpha value is -2.58. The number of para-hydroxylation sites is 1. The Bertz CT molecular complexity index is 632. The minimum atomic E-state index is -5.20. The Balaban J connectivity index is 3.47. The van der Waals surface area contributed by atoms with E-state index < -0.39 is 42.0 Å². The molecule has 0 aromatic heterocycles. The first kappa shape index (κ1) is 20.5. The van der Waals surface area contributed by atoms with Crippen LogP contribution in [0.1, 0.15) is 20.8 Å². The molecular formula is C16H19F3N2O4. The zero-order valence-corrected chi connectivity index (χ0v) is 13.9. The molecule has 1 rings (SSSR count). The van der Waals surface area contributed by atoms with Gasteiger partial charge in [0.1, 0.15) is 6.04 Å². The Labute approximate surface area is 142 Å². The number of benzene rings is 1. The molecular weight excluding hydrogens is 341 g/mol. The van der Waals surface area contributed by atoms with Gasteiger partial charge in [0.15, 0.2) is 0 Å². The summed E-state index contributed by atoms with van der Waals surface area (Å²) in [5, 5.41) is 11.4. The minimum Gasteiger partial charge on any atom is -0.479 e. The van der Waals surface area contributed by atoms with E-state index in [2.05, 4.69) is 5.32 Å². The highest BCUT2D eigenvalue weighted by Crippen LogP contribution is 2.30. The number of carbonyl (C=O) groups excluding carboxylic acids is 2. The first-order chi connectivity index (χ1) is 11.5. The smallest absolute Gasteiger partial charge is 0.420 e. The van der Waals surface area contributed by atoms with Gasteiger partial charge in [-0.3, -0.25) is 14.5 Å². The van der Waals surface area contributed by atoms with Crippen molar-refractivity contribution in [3.8, 4) is 0 Å². The summed E-state index contributed by atoms with van der Waals surface area (Å²) >= 11 is 0. The molecule has 25 heavy (non-hydrogen) atoms. The normalized spacial score (nSPS) is 13.9. The average molecular weight is 360 g/mol. The third kappa shape index (κ3) is 5.20. The molecule has 0 aliphatic carbocycles. The fourth-order valence-electron chi connectivity index (χ4n) is 2.27. The number of carbonyl (C=O) groups is 3. The van der Waals surface area contributed by atoms with Crippen LogP contribution in [0.5, 0.6) is 0 Å². The van der Waals surface area contributed by atoms with Gasteiger partial charge in [-0.15, -0.1) is 0 Å². The second kappa shape index (κ2) is 8.00. The second-order valence-corrected chi connectivity index (χ2v) is 5.75. The molecule has 0 aliphatic heterocycles. The summed E-state index contributed by atoms with van der Waals surface area (Å²) in [5.74, 6) is -4.53. The number of rotatable bonds is 6. The third-order valence-corrected chi connectivity index (χ3v) is 3.37. The topological polar surface area (TPSA) is 86.7 Å². The van der Waals surface area contributed by atoms with Gasteiger partial charge in [-0.1, -0.05) is 32.0 Å². The highest BCUT2D eigenvalue weighted by Gasteiger charge is 2.52. The van der Waals surface area contributed by atoms with Gasteiger partial charge in [-0.2, -0.15) is 13.2 Å². The van der Waals surface area contributed by atoms with Gasteiger partial charge < -0.3 is 10.4 Å². The van der Waals surface area contributed by atoms with Gasteiger partial charge in [-0.05, 0) is 18.1 Å². The van der Waals surface area contributed by atoms with E-state index >= 15 is 0 Å². The first-order valence-corrected chi connectivity index (χ1v) is 7.41. The molecule has 0 saturated carbocycles. The number of halogens is 3. The zero-order chi connectivity index (χ0) is 19.4. The van der Waals surface area contributed by atoms with E-state index in [1.165, 1.54) is 44.2 Å². The van der Waals surface area contributed by atoms with Crippen molar-refractivity contribution < 1.29 is 32.7 Å². The monoisotopic (exact) mass is 360 g/mol. The van der Waals surface area contributed by atoms with Gasteiger partial charge in [0.05, 0.1) is 0 Å². The maximum atomic E-state index is 13.3. The SMILES string of the molecule is CC(=O)N[C@H](C(=O)N(c1ccccc1)[C@H](C(=O)O)C(F)(F)F)C(C)C.